The number of hydrogen-bond donors (Lipinski definition) is 1. The second-order valence-corrected chi connectivity index (χ2v) is 11.1. The fourth-order valence-electron chi connectivity index (χ4n) is 6.96. The molecule has 0 saturated carbocycles. The normalized spacial score (nSPS) is 26.8. The lowest BCUT2D eigenvalue weighted by atomic mass is 9.76. The summed E-state index contributed by atoms with van der Waals surface area (Å²) in [5.41, 5.74) is 1.99. The number of benzene rings is 1. The van der Waals surface area contributed by atoms with Gasteiger partial charge in [0.2, 0.25) is 11.8 Å². The van der Waals surface area contributed by atoms with E-state index in [-0.39, 0.29) is 17.9 Å². The van der Waals surface area contributed by atoms with Crippen molar-refractivity contribution in [2.75, 3.05) is 32.7 Å². The number of nitrogens with one attached hydrogen (secondary N) is 1. The Kier molecular flexibility index (Phi) is 6.09. The third kappa shape index (κ3) is 4.22. The number of rotatable bonds is 3. The van der Waals surface area contributed by atoms with Gasteiger partial charge in [-0.05, 0) is 56.1 Å². The van der Waals surface area contributed by atoms with E-state index in [1.165, 1.54) is 0 Å². The Balaban J connectivity index is 1.01. The first-order valence-electron chi connectivity index (χ1n) is 13.5. The standard InChI is InChI=1S/C27H36N6O3/c1-30-23-6-3-2-5-21(23)29-24(30)14-28-26(35)19-9-11-31(12-10-19)27(36)32-15-18-13-20(17-32)22-7-4-8-25(34)33(22)16-18/h2-3,5-6,18-20,22H,4,7-17H2,1H3,(H,28,35)/t18-,20+,22+/m0/s1. The molecule has 4 aliphatic rings. The molecule has 0 radical (unpaired) electrons. The Morgan fingerprint density at radius 2 is 1.86 bits per heavy atom. The van der Waals surface area contributed by atoms with E-state index in [0.717, 1.165) is 55.8 Å². The maximum Gasteiger partial charge on any atom is 0.320 e. The van der Waals surface area contributed by atoms with E-state index in [4.69, 9.17) is 0 Å². The Morgan fingerprint density at radius 3 is 2.67 bits per heavy atom. The monoisotopic (exact) mass is 492 g/mol. The molecule has 1 aromatic carbocycles. The summed E-state index contributed by atoms with van der Waals surface area (Å²) in [6.45, 7) is 3.93. The van der Waals surface area contributed by atoms with Gasteiger partial charge in [0.25, 0.3) is 0 Å². The minimum atomic E-state index is -0.0775. The number of imidazole rings is 1. The van der Waals surface area contributed by atoms with Crippen LogP contribution in [0.5, 0.6) is 0 Å². The molecule has 4 fully saturated rings. The van der Waals surface area contributed by atoms with Crippen LogP contribution in [0.2, 0.25) is 0 Å². The topological polar surface area (TPSA) is 90.8 Å². The van der Waals surface area contributed by atoms with E-state index < -0.39 is 0 Å². The summed E-state index contributed by atoms with van der Waals surface area (Å²) in [5, 5.41) is 3.07. The number of fused-ring (bicyclic) bond motifs is 5. The van der Waals surface area contributed by atoms with Gasteiger partial charge in [0.05, 0.1) is 17.6 Å². The molecule has 0 aliphatic carbocycles. The van der Waals surface area contributed by atoms with Crippen molar-refractivity contribution in [3.8, 4) is 0 Å². The molecular formula is C27H36N6O3. The van der Waals surface area contributed by atoms with E-state index >= 15 is 0 Å². The zero-order valence-corrected chi connectivity index (χ0v) is 21.1. The van der Waals surface area contributed by atoms with Crippen LogP contribution in [0, 0.1) is 17.8 Å². The molecule has 9 nitrogen and oxygen atoms in total. The summed E-state index contributed by atoms with van der Waals surface area (Å²) in [4.78, 5) is 49.4. The highest BCUT2D eigenvalue weighted by molar-refractivity contribution is 5.80. The first-order valence-corrected chi connectivity index (χ1v) is 13.5. The minimum absolute atomic E-state index is 0.0451. The molecule has 9 heteroatoms. The number of likely N-dealkylation sites (tertiary alicyclic amines) is 2. The molecular weight excluding hydrogens is 456 g/mol. The largest absolute Gasteiger partial charge is 0.349 e. The predicted molar refractivity (Wildman–Crippen MR) is 135 cm³/mol. The quantitative estimate of drug-likeness (QED) is 0.712. The van der Waals surface area contributed by atoms with Crippen LogP contribution in [0.15, 0.2) is 24.3 Å². The van der Waals surface area contributed by atoms with Crippen molar-refractivity contribution < 1.29 is 14.4 Å². The zero-order chi connectivity index (χ0) is 24.8. The van der Waals surface area contributed by atoms with Gasteiger partial charge in [-0.1, -0.05) is 12.1 Å². The van der Waals surface area contributed by atoms with Gasteiger partial charge in [0, 0.05) is 58.2 Å². The number of carbonyl (C=O) groups is 3. The summed E-state index contributed by atoms with van der Waals surface area (Å²) in [7, 11) is 1.97. The number of piperidine rings is 4. The maximum atomic E-state index is 13.4. The van der Waals surface area contributed by atoms with E-state index in [0.29, 0.717) is 62.7 Å². The van der Waals surface area contributed by atoms with Gasteiger partial charge in [-0.25, -0.2) is 9.78 Å². The van der Waals surface area contributed by atoms with Gasteiger partial charge in [-0.3, -0.25) is 9.59 Å². The van der Waals surface area contributed by atoms with Crippen LogP contribution in [0.3, 0.4) is 0 Å². The Labute approximate surface area is 211 Å². The molecule has 36 heavy (non-hydrogen) atoms. The molecule has 0 spiro atoms. The molecule has 1 aromatic heterocycles. The molecule has 3 atom stereocenters. The van der Waals surface area contributed by atoms with Gasteiger partial charge in [0.15, 0.2) is 0 Å². The summed E-state index contributed by atoms with van der Waals surface area (Å²) in [6.07, 6.45) is 5.23. The van der Waals surface area contributed by atoms with Crippen molar-refractivity contribution in [1.29, 1.82) is 0 Å². The number of aryl methyl sites for hydroxylation is 1. The van der Waals surface area contributed by atoms with Crippen molar-refractivity contribution in [3.05, 3.63) is 30.1 Å². The molecule has 4 aliphatic heterocycles. The van der Waals surface area contributed by atoms with Gasteiger partial charge >= 0.3 is 6.03 Å². The van der Waals surface area contributed by atoms with Crippen LogP contribution in [0.4, 0.5) is 4.79 Å². The maximum absolute atomic E-state index is 13.4. The van der Waals surface area contributed by atoms with Gasteiger partial charge < -0.3 is 24.6 Å². The van der Waals surface area contributed by atoms with E-state index in [1.54, 1.807) is 0 Å². The summed E-state index contributed by atoms with van der Waals surface area (Å²) in [5.74, 6) is 1.90. The number of hydrogen-bond acceptors (Lipinski definition) is 4. The van der Waals surface area contributed by atoms with Crippen molar-refractivity contribution in [2.24, 2.45) is 24.8 Å². The average Bonchev–Trinajstić information content (AvgIpc) is 3.23. The third-order valence-corrected chi connectivity index (χ3v) is 8.89. The molecule has 6 rings (SSSR count). The van der Waals surface area contributed by atoms with Gasteiger partial charge in [-0.2, -0.15) is 0 Å². The number of aromatic nitrogens is 2. The highest BCUT2D eigenvalue weighted by Crippen LogP contribution is 2.38. The lowest BCUT2D eigenvalue weighted by molar-refractivity contribution is -0.144. The number of amides is 4. The summed E-state index contributed by atoms with van der Waals surface area (Å²) in [6, 6.07) is 8.38. The second kappa shape index (κ2) is 9.41. The second-order valence-electron chi connectivity index (χ2n) is 11.1. The van der Waals surface area contributed by atoms with Crippen molar-refractivity contribution >= 4 is 28.9 Å². The van der Waals surface area contributed by atoms with Crippen LogP contribution < -0.4 is 5.32 Å². The molecule has 2 aromatic rings. The molecule has 4 saturated heterocycles. The average molecular weight is 493 g/mol. The molecule has 4 amide bonds. The van der Waals surface area contributed by atoms with Crippen LogP contribution in [-0.2, 0) is 23.2 Å². The van der Waals surface area contributed by atoms with Crippen molar-refractivity contribution in [2.45, 2.75) is 51.1 Å². The number of carbonyl (C=O) groups excluding carboxylic acids is 3. The number of para-hydroxylation sites is 2. The van der Waals surface area contributed by atoms with Crippen LogP contribution in [0.25, 0.3) is 11.0 Å². The summed E-state index contributed by atoms with van der Waals surface area (Å²) < 4.78 is 2.02. The van der Waals surface area contributed by atoms with Crippen molar-refractivity contribution in [1.82, 2.24) is 29.6 Å². The van der Waals surface area contributed by atoms with E-state index in [2.05, 4.69) is 15.2 Å². The van der Waals surface area contributed by atoms with Gasteiger partial charge in [0.1, 0.15) is 5.82 Å². The van der Waals surface area contributed by atoms with E-state index in [1.807, 2.05) is 45.7 Å². The first kappa shape index (κ1) is 23.3. The van der Waals surface area contributed by atoms with Crippen LogP contribution in [-0.4, -0.2) is 80.9 Å². The third-order valence-electron chi connectivity index (χ3n) is 8.89. The predicted octanol–water partition coefficient (Wildman–Crippen LogP) is 2.35. The number of nitrogens with zero attached hydrogens (tertiary/aromatic N) is 5. The Bertz CT molecular complexity index is 1170. The summed E-state index contributed by atoms with van der Waals surface area (Å²) >= 11 is 0. The Hall–Kier alpha value is -3.10. The SMILES string of the molecule is Cn1c(CNC(=O)C2CCN(C(=O)N3C[C@@H]4C[C@H](C3)[C@H]3CCCC(=O)N3C4)CC2)nc2ccccc21. The minimum Gasteiger partial charge on any atom is -0.349 e. The zero-order valence-electron chi connectivity index (χ0n) is 21.1. The van der Waals surface area contributed by atoms with Crippen molar-refractivity contribution in [3.63, 3.8) is 0 Å². The molecule has 2 bridgehead atoms. The van der Waals surface area contributed by atoms with Crippen LogP contribution in [0.1, 0.15) is 44.3 Å². The van der Waals surface area contributed by atoms with Gasteiger partial charge in [-0.15, -0.1) is 0 Å². The lowest BCUT2D eigenvalue weighted by Crippen LogP contribution is -2.62. The Morgan fingerprint density at radius 1 is 1.06 bits per heavy atom. The first-order chi connectivity index (χ1) is 17.5. The molecule has 5 heterocycles. The molecule has 192 valence electrons. The van der Waals surface area contributed by atoms with E-state index in [9.17, 15) is 14.4 Å². The lowest BCUT2D eigenvalue weighted by Gasteiger charge is -2.53. The molecule has 0 unspecified atom stereocenters. The number of urea groups is 1. The highest BCUT2D eigenvalue weighted by atomic mass is 16.2. The van der Waals surface area contributed by atoms with Crippen LogP contribution >= 0.6 is 0 Å². The fraction of sp³-hybridized carbons (Fsp3) is 0.630. The highest BCUT2D eigenvalue weighted by Gasteiger charge is 2.45. The smallest absolute Gasteiger partial charge is 0.320 e. The molecule has 1 N–H and O–H groups in total. The fourth-order valence-corrected chi connectivity index (χ4v) is 6.96.